The fourth-order valence-corrected chi connectivity index (χ4v) is 4.24. The van der Waals surface area contributed by atoms with Gasteiger partial charge >= 0.3 is 0 Å². The molecule has 4 aromatic rings. The van der Waals surface area contributed by atoms with Gasteiger partial charge in [-0.15, -0.1) is 0 Å². The molecule has 0 bridgehead atoms. The molecule has 0 spiro atoms. The van der Waals surface area contributed by atoms with E-state index in [2.05, 4.69) is 54.4 Å². The van der Waals surface area contributed by atoms with Crippen LogP contribution < -0.4 is 4.90 Å². The summed E-state index contributed by atoms with van der Waals surface area (Å²) < 4.78 is 0. The van der Waals surface area contributed by atoms with Gasteiger partial charge in [0.2, 0.25) is 0 Å². The zero-order valence-electron chi connectivity index (χ0n) is 13.1. The van der Waals surface area contributed by atoms with E-state index >= 15 is 0 Å². The smallest absolute Gasteiger partial charge is 0.0485 e. The van der Waals surface area contributed by atoms with Gasteiger partial charge in [-0.25, -0.2) is 0 Å². The number of benzene rings is 4. The van der Waals surface area contributed by atoms with Crippen LogP contribution in [0.4, 0.5) is 5.69 Å². The van der Waals surface area contributed by atoms with Crippen LogP contribution in [0, 0.1) is 0 Å². The van der Waals surface area contributed by atoms with Crippen molar-refractivity contribution in [2.45, 2.75) is 25.3 Å². The van der Waals surface area contributed by atoms with Crippen molar-refractivity contribution in [1.29, 1.82) is 0 Å². The lowest BCUT2D eigenvalue weighted by Crippen LogP contribution is -2.37. The van der Waals surface area contributed by atoms with Gasteiger partial charge in [-0.1, -0.05) is 48.0 Å². The van der Waals surface area contributed by atoms with Gasteiger partial charge in [-0.3, -0.25) is 0 Å². The first kappa shape index (κ1) is 13.4. The topological polar surface area (TPSA) is 3.24 Å². The summed E-state index contributed by atoms with van der Waals surface area (Å²) >= 11 is 6.57. The van der Waals surface area contributed by atoms with Gasteiger partial charge < -0.3 is 4.90 Å². The van der Waals surface area contributed by atoms with Crippen LogP contribution in [0.5, 0.6) is 0 Å². The molecule has 1 aliphatic carbocycles. The average Bonchev–Trinajstić information content (AvgIpc) is 2.52. The first-order chi connectivity index (χ1) is 11.2. The quantitative estimate of drug-likeness (QED) is 0.396. The van der Waals surface area contributed by atoms with Crippen LogP contribution >= 0.6 is 11.6 Å². The molecule has 0 N–H and O–H groups in total. The zero-order valence-corrected chi connectivity index (χ0v) is 13.9. The molecule has 23 heavy (non-hydrogen) atoms. The van der Waals surface area contributed by atoms with Crippen molar-refractivity contribution in [1.82, 2.24) is 0 Å². The van der Waals surface area contributed by atoms with E-state index in [1.165, 1.54) is 57.3 Å². The second kappa shape index (κ2) is 4.75. The molecule has 1 fully saturated rings. The molecule has 4 aromatic carbocycles. The molecule has 1 nitrogen and oxygen atoms in total. The highest BCUT2D eigenvalue weighted by atomic mass is 35.5. The molecule has 0 unspecified atom stereocenters. The van der Waals surface area contributed by atoms with Crippen molar-refractivity contribution in [2.24, 2.45) is 0 Å². The zero-order chi connectivity index (χ0) is 15.6. The summed E-state index contributed by atoms with van der Waals surface area (Å²) in [6.45, 7) is 0. The van der Waals surface area contributed by atoms with Crippen molar-refractivity contribution < 1.29 is 0 Å². The molecule has 0 amide bonds. The molecule has 0 radical (unpaired) electrons. The Kier molecular flexibility index (Phi) is 2.78. The molecule has 5 rings (SSSR count). The molecule has 0 heterocycles. The molecule has 0 atom stereocenters. The normalized spacial score (nSPS) is 15.6. The average molecular weight is 320 g/mol. The Bertz CT molecular complexity index is 1030. The van der Waals surface area contributed by atoms with E-state index in [0.29, 0.717) is 6.04 Å². The van der Waals surface area contributed by atoms with E-state index in [1.807, 2.05) is 6.07 Å². The Morgan fingerprint density at radius 2 is 1.61 bits per heavy atom. The summed E-state index contributed by atoms with van der Waals surface area (Å²) in [6, 6.07) is 18.2. The van der Waals surface area contributed by atoms with Crippen molar-refractivity contribution in [3.8, 4) is 0 Å². The number of hydrogen-bond donors (Lipinski definition) is 0. The molecule has 114 valence electrons. The highest BCUT2D eigenvalue weighted by Gasteiger charge is 2.24. The molecule has 1 saturated carbocycles. The number of anilines is 1. The second-order valence-electron chi connectivity index (χ2n) is 6.75. The van der Waals surface area contributed by atoms with Crippen molar-refractivity contribution in [2.75, 3.05) is 11.9 Å². The molecule has 0 aromatic heterocycles. The highest BCUT2D eigenvalue weighted by Crippen LogP contribution is 2.43. The summed E-state index contributed by atoms with van der Waals surface area (Å²) in [5.41, 5.74) is 1.31. The van der Waals surface area contributed by atoms with Crippen LogP contribution in [0.15, 0.2) is 48.5 Å². The van der Waals surface area contributed by atoms with Crippen LogP contribution in [0.1, 0.15) is 19.3 Å². The van der Waals surface area contributed by atoms with Gasteiger partial charge in [0.25, 0.3) is 0 Å². The Morgan fingerprint density at radius 3 is 2.35 bits per heavy atom. The van der Waals surface area contributed by atoms with Crippen molar-refractivity contribution in [3.63, 3.8) is 0 Å². The standard InChI is InChI=1S/C21H18ClN/c1-23(15-5-3-6-15)19-12-17-18(22)11-10-14-9-8-13-4-2-7-16(19)20(13)21(14)17/h2,4,7-12,15H,3,5-6H2,1H3. The van der Waals surface area contributed by atoms with Crippen LogP contribution in [0.25, 0.3) is 32.3 Å². The summed E-state index contributed by atoms with van der Waals surface area (Å²) in [4.78, 5) is 2.46. The lowest BCUT2D eigenvalue weighted by Gasteiger charge is -2.37. The molecule has 2 heteroatoms. The first-order valence-electron chi connectivity index (χ1n) is 8.33. The van der Waals surface area contributed by atoms with E-state index in [-0.39, 0.29) is 0 Å². The first-order valence-corrected chi connectivity index (χ1v) is 8.71. The predicted molar refractivity (Wildman–Crippen MR) is 101 cm³/mol. The Hall–Kier alpha value is -1.99. The number of halogens is 1. The Labute approximate surface area is 140 Å². The maximum Gasteiger partial charge on any atom is 0.0485 e. The van der Waals surface area contributed by atoms with E-state index in [0.717, 1.165) is 5.02 Å². The van der Waals surface area contributed by atoms with E-state index < -0.39 is 0 Å². The summed E-state index contributed by atoms with van der Waals surface area (Å²) in [5, 5.41) is 8.59. The van der Waals surface area contributed by atoms with Gasteiger partial charge in [0.05, 0.1) is 0 Å². The van der Waals surface area contributed by atoms with E-state index in [1.54, 1.807) is 0 Å². The lowest BCUT2D eigenvalue weighted by atomic mass is 9.89. The highest BCUT2D eigenvalue weighted by molar-refractivity contribution is 6.39. The van der Waals surface area contributed by atoms with Crippen LogP contribution in [0.3, 0.4) is 0 Å². The largest absolute Gasteiger partial charge is 0.371 e. The maximum atomic E-state index is 6.57. The van der Waals surface area contributed by atoms with E-state index in [9.17, 15) is 0 Å². The van der Waals surface area contributed by atoms with Crippen molar-refractivity contribution >= 4 is 49.6 Å². The minimum Gasteiger partial charge on any atom is -0.371 e. The fourth-order valence-electron chi connectivity index (χ4n) is 4.03. The summed E-state index contributed by atoms with van der Waals surface area (Å²) in [5.74, 6) is 0. The predicted octanol–water partition coefficient (Wildman–Crippen LogP) is 6.23. The van der Waals surface area contributed by atoms with Gasteiger partial charge in [0.1, 0.15) is 0 Å². The maximum absolute atomic E-state index is 6.57. The van der Waals surface area contributed by atoms with Gasteiger partial charge in [0, 0.05) is 34.6 Å². The summed E-state index contributed by atoms with van der Waals surface area (Å²) in [6.07, 6.45) is 3.94. The number of hydrogen-bond acceptors (Lipinski definition) is 1. The van der Waals surface area contributed by atoms with Crippen LogP contribution in [-0.4, -0.2) is 13.1 Å². The SMILES string of the molecule is CN(c1cc2c(Cl)ccc3ccc4cccc1c4c32)C1CCC1. The third-order valence-electron chi connectivity index (χ3n) is 5.57. The molecule has 1 aliphatic rings. The van der Waals surface area contributed by atoms with Gasteiger partial charge in [0.15, 0.2) is 0 Å². The van der Waals surface area contributed by atoms with Gasteiger partial charge in [-0.05, 0) is 52.9 Å². The van der Waals surface area contributed by atoms with Crippen LogP contribution in [-0.2, 0) is 0 Å². The molecular formula is C21H18ClN. The third-order valence-corrected chi connectivity index (χ3v) is 5.90. The minimum absolute atomic E-state index is 0.666. The monoisotopic (exact) mass is 319 g/mol. The Balaban J connectivity index is 1.96. The second-order valence-corrected chi connectivity index (χ2v) is 7.16. The third kappa shape index (κ3) is 1.80. The minimum atomic E-state index is 0.666. The molecule has 0 saturated heterocycles. The van der Waals surface area contributed by atoms with Gasteiger partial charge in [-0.2, -0.15) is 0 Å². The molecular weight excluding hydrogens is 302 g/mol. The Morgan fingerprint density at radius 1 is 0.913 bits per heavy atom. The van der Waals surface area contributed by atoms with Crippen molar-refractivity contribution in [3.05, 3.63) is 53.6 Å². The number of nitrogens with zero attached hydrogens (tertiary/aromatic N) is 1. The molecule has 0 aliphatic heterocycles. The van der Waals surface area contributed by atoms with E-state index in [4.69, 9.17) is 11.6 Å². The summed E-state index contributed by atoms with van der Waals surface area (Å²) in [7, 11) is 2.23. The fraction of sp³-hybridized carbons (Fsp3) is 0.238. The lowest BCUT2D eigenvalue weighted by molar-refractivity contribution is 0.402. The number of rotatable bonds is 2. The van der Waals surface area contributed by atoms with Crippen LogP contribution in [0.2, 0.25) is 5.02 Å².